The van der Waals surface area contributed by atoms with Crippen molar-refractivity contribution in [2.75, 3.05) is 0 Å². The molecule has 0 fully saturated rings. The summed E-state index contributed by atoms with van der Waals surface area (Å²) in [5, 5.41) is 11.1. The second-order valence-electron chi connectivity index (χ2n) is 9.97. The lowest BCUT2D eigenvalue weighted by molar-refractivity contribution is -0.143. The van der Waals surface area contributed by atoms with Crippen molar-refractivity contribution in [1.82, 2.24) is 39.2 Å². The average Bonchev–Trinajstić information content (AvgIpc) is 3.54. The van der Waals surface area contributed by atoms with Crippen molar-refractivity contribution >= 4 is 22.5 Å². The molecule has 1 amide bonds. The number of carbonyl (C=O) groups excluding carboxylic acids is 1. The molecule has 0 aliphatic carbocycles. The van der Waals surface area contributed by atoms with Gasteiger partial charge in [-0.25, -0.2) is 14.5 Å². The molecule has 0 spiro atoms. The summed E-state index contributed by atoms with van der Waals surface area (Å²) >= 11 is 0. The van der Waals surface area contributed by atoms with Crippen LogP contribution in [0.5, 0.6) is 0 Å². The number of amides is 1. The third-order valence-electron chi connectivity index (χ3n) is 7.01. The van der Waals surface area contributed by atoms with Gasteiger partial charge < -0.3 is 5.32 Å². The van der Waals surface area contributed by atoms with Crippen molar-refractivity contribution in [1.29, 1.82) is 0 Å². The minimum atomic E-state index is -4.66. The highest BCUT2D eigenvalue weighted by Crippen LogP contribution is 2.31. The number of rotatable bonds is 4. The maximum atomic E-state index is 14.2. The molecule has 0 saturated carbocycles. The van der Waals surface area contributed by atoms with Gasteiger partial charge in [0.1, 0.15) is 11.4 Å². The Morgan fingerprint density at radius 2 is 1.77 bits per heavy atom. The molecule has 0 aliphatic heterocycles. The van der Waals surface area contributed by atoms with Crippen LogP contribution >= 0.6 is 0 Å². The number of fused-ring (bicyclic) bond motifs is 2. The van der Waals surface area contributed by atoms with Crippen LogP contribution < -0.4 is 10.9 Å². The molecule has 4 aromatic heterocycles. The first kappa shape index (κ1) is 28.4. The van der Waals surface area contributed by atoms with Gasteiger partial charge in [-0.2, -0.15) is 23.4 Å². The summed E-state index contributed by atoms with van der Waals surface area (Å²) in [4.78, 5) is 36.7. The van der Waals surface area contributed by atoms with E-state index in [0.717, 1.165) is 6.20 Å². The van der Waals surface area contributed by atoms with Crippen LogP contribution in [-0.4, -0.2) is 39.8 Å². The molecule has 0 saturated heterocycles. The summed E-state index contributed by atoms with van der Waals surface area (Å²) in [6, 6.07) is 14.4. The van der Waals surface area contributed by atoms with E-state index in [4.69, 9.17) is 4.98 Å². The van der Waals surface area contributed by atoms with Crippen LogP contribution in [-0.2, 0) is 13.2 Å². The molecule has 0 bridgehead atoms. The average molecular weight is 597 g/mol. The fraction of sp³-hybridized carbons (Fsp3) is 0.161. The zero-order valence-corrected chi connectivity index (χ0v) is 23.6. The van der Waals surface area contributed by atoms with E-state index >= 15 is 0 Å². The van der Waals surface area contributed by atoms with Crippen molar-refractivity contribution in [2.24, 2.45) is 7.05 Å². The molecule has 10 nitrogen and oxygen atoms in total. The Bertz CT molecular complexity index is 2190. The third-order valence-corrected chi connectivity index (χ3v) is 7.01. The first-order chi connectivity index (χ1) is 21.0. The molecule has 220 valence electrons. The van der Waals surface area contributed by atoms with Gasteiger partial charge in [-0.1, -0.05) is 36.1 Å². The predicted octanol–water partition coefficient (Wildman–Crippen LogP) is 4.38. The Labute approximate surface area is 247 Å². The van der Waals surface area contributed by atoms with Crippen LogP contribution in [0, 0.1) is 18.8 Å². The van der Waals surface area contributed by atoms with Crippen LogP contribution in [0.2, 0.25) is 0 Å². The van der Waals surface area contributed by atoms with Gasteiger partial charge in [-0.05, 0) is 44.2 Å². The summed E-state index contributed by atoms with van der Waals surface area (Å²) in [5.74, 6) is 5.05. The number of nitrogens with zero attached hydrogens (tertiary/aromatic N) is 7. The fourth-order valence-corrected chi connectivity index (χ4v) is 5.06. The molecule has 2 aromatic carbocycles. The lowest BCUT2D eigenvalue weighted by Gasteiger charge is -2.20. The SMILES string of the molecule is Cc1nn2cccnc2c1C(=O)NC(C)c1nc2cccc(C#Cc3cnn(C)c3C(F)(F)F)c2c(=O)n1-c1ccccc1. The fourth-order valence-electron chi connectivity index (χ4n) is 5.06. The summed E-state index contributed by atoms with van der Waals surface area (Å²) in [6.07, 6.45) is -0.381. The van der Waals surface area contributed by atoms with E-state index in [1.54, 1.807) is 80.8 Å². The molecule has 0 aliphatic rings. The van der Waals surface area contributed by atoms with Crippen LogP contribution in [0.3, 0.4) is 0 Å². The van der Waals surface area contributed by atoms with E-state index in [9.17, 15) is 22.8 Å². The standard InChI is InChI=1S/C31H23F3N8O2/c1-18-24(28-35-15-8-16-41(28)39-18)29(43)37-19(2)27-38-23-12-7-9-20(13-14-21-17-36-40(3)26(21)31(32,33)34)25(23)30(44)42(27)22-10-5-4-6-11-22/h4-12,15-17,19H,1-3H3,(H,37,43). The first-order valence-electron chi connectivity index (χ1n) is 13.4. The number of nitrogens with one attached hydrogen (secondary N) is 1. The number of hydrogen-bond donors (Lipinski definition) is 1. The summed E-state index contributed by atoms with van der Waals surface area (Å²) in [5.41, 5.74) is 0.270. The van der Waals surface area contributed by atoms with Crippen LogP contribution in [0.4, 0.5) is 13.2 Å². The Balaban J connectivity index is 1.48. The highest BCUT2D eigenvalue weighted by atomic mass is 19.4. The summed E-state index contributed by atoms with van der Waals surface area (Å²) < 4.78 is 44.4. The largest absolute Gasteiger partial charge is 0.434 e. The topological polar surface area (TPSA) is 112 Å². The van der Waals surface area contributed by atoms with Crippen molar-refractivity contribution in [2.45, 2.75) is 26.1 Å². The molecular weight excluding hydrogens is 573 g/mol. The van der Waals surface area contributed by atoms with Gasteiger partial charge in [0.05, 0.1) is 40.1 Å². The number of aromatic nitrogens is 7. The van der Waals surface area contributed by atoms with Gasteiger partial charge in [-0.15, -0.1) is 0 Å². The number of hydrogen-bond acceptors (Lipinski definition) is 6. The molecule has 13 heteroatoms. The zero-order chi connectivity index (χ0) is 31.2. The quantitative estimate of drug-likeness (QED) is 0.303. The van der Waals surface area contributed by atoms with Gasteiger partial charge in [0.2, 0.25) is 0 Å². The van der Waals surface area contributed by atoms with E-state index in [2.05, 4.69) is 32.3 Å². The minimum Gasteiger partial charge on any atom is -0.342 e. The van der Waals surface area contributed by atoms with Gasteiger partial charge in [0, 0.05) is 25.0 Å². The minimum absolute atomic E-state index is 0.117. The second kappa shape index (κ2) is 10.8. The highest BCUT2D eigenvalue weighted by Gasteiger charge is 2.37. The number of aryl methyl sites for hydroxylation is 2. The summed E-state index contributed by atoms with van der Waals surface area (Å²) in [6.45, 7) is 3.40. The Hall–Kier alpha value is -5.77. The number of benzene rings is 2. The van der Waals surface area contributed by atoms with Gasteiger partial charge in [0.25, 0.3) is 11.5 Å². The number of halogens is 3. The van der Waals surface area contributed by atoms with E-state index in [0.29, 0.717) is 21.7 Å². The number of para-hydroxylation sites is 1. The molecule has 44 heavy (non-hydrogen) atoms. The highest BCUT2D eigenvalue weighted by molar-refractivity contribution is 6.01. The number of alkyl halides is 3. The molecule has 0 radical (unpaired) electrons. The van der Waals surface area contributed by atoms with Crippen LogP contribution in [0.1, 0.15) is 51.7 Å². The third kappa shape index (κ3) is 4.96. The smallest absolute Gasteiger partial charge is 0.342 e. The molecule has 1 atom stereocenters. The summed E-state index contributed by atoms with van der Waals surface area (Å²) in [7, 11) is 1.18. The lowest BCUT2D eigenvalue weighted by Crippen LogP contribution is -2.33. The van der Waals surface area contributed by atoms with Gasteiger partial charge in [-0.3, -0.25) is 18.8 Å². The first-order valence-corrected chi connectivity index (χ1v) is 13.4. The van der Waals surface area contributed by atoms with Crippen LogP contribution in [0.25, 0.3) is 22.2 Å². The van der Waals surface area contributed by atoms with Crippen molar-refractivity contribution in [3.63, 3.8) is 0 Å². The molecule has 6 aromatic rings. The van der Waals surface area contributed by atoms with E-state index in [1.165, 1.54) is 16.1 Å². The molecule has 1 unspecified atom stereocenters. The molecular formula is C31H23F3N8O2. The molecule has 6 rings (SSSR count). The molecule has 1 N–H and O–H groups in total. The number of carbonyl (C=O) groups is 1. The van der Waals surface area contributed by atoms with Crippen molar-refractivity contribution < 1.29 is 18.0 Å². The van der Waals surface area contributed by atoms with E-state index in [1.807, 2.05) is 0 Å². The van der Waals surface area contributed by atoms with Crippen molar-refractivity contribution in [3.05, 3.63) is 117 Å². The monoisotopic (exact) mass is 596 g/mol. The van der Waals surface area contributed by atoms with Gasteiger partial charge in [0.15, 0.2) is 11.3 Å². The second-order valence-corrected chi connectivity index (χ2v) is 9.97. The van der Waals surface area contributed by atoms with Crippen molar-refractivity contribution in [3.8, 4) is 17.5 Å². The lowest BCUT2D eigenvalue weighted by atomic mass is 10.1. The Morgan fingerprint density at radius 1 is 1.02 bits per heavy atom. The Morgan fingerprint density at radius 3 is 2.52 bits per heavy atom. The van der Waals surface area contributed by atoms with Crippen LogP contribution in [0.15, 0.2) is 78.0 Å². The Kier molecular flexibility index (Phi) is 6.97. The molecule has 4 heterocycles. The zero-order valence-electron chi connectivity index (χ0n) is 23.6. The normalized spacial score (nSPS) is 12.2. The predicted molar refractivity (Wildman–Crippen MR) is 155 cm³/mol. The maximum Gasteiger partial charge on any atom is 0.434 e. The van der Waals surface area contributed by atoms with E-state index in [-0.39, 0.29) is 33.4 Å². The van der Waals surface area contributed by atoms with E-state index < -0.39 is 29.4 Å². The maximum absolute atomic E-state index is 14.2. The van der Waals surface area contributed by atoms with Gasteiger partial charge >= 0.3 is 6.18 Å².